The van der Waals surface area contributed by atoms with Gasteiger partial charge in [0.05, 0.1) is 10.6 Å². The predicted molar refractivity (Wildman–Crippen MR) is 131 cm³/mol. The first-order valence-electron chi connectivity index (χ1n) is 10.5. The summed E-state index contributed by atoms with van der Waals surface area (Å²) in [6, 6.07) is 17.6. The van der Waals surface area contributed by atoms with Crippen molar-refractivity contribution in [2.75, 3.05) is 11.6 Å². The van der Waals surface area contributed by atoms with Gasteiger partial charge in [-0.25, -0.2) is 17.2 Å². The van der Waals surface area contributed by atoms with E-state index >= 15 is 0 Å². The fourth-order valence-electron chi connectivity index (χ4n) is 3.64. The lowest BCUT2D eigenvalue weighted by Crippen LogP contribution is -2.16. The molecule has 0 spiro atoms. The first-order chi connectivity index (χ1) is 17.0. The summed E-state index contributed by atoms with van der Waals surface area (Å²) in [5.41, 5.74) is 5.71. The number of carbonyl (C=O) groups is 2. The Morgan fingerprint density at radius 3 is 2.22 bits per heavy atom. The molecule has 3 N–H and O–H groups in total. The van der Waals surface area contributed by atoms with Crippen molar-refractivity contribution in [1.82, 2.24) is 4.98 Å². The molecule has 36 heavy (non-hydrogen) atoms. The summed E-state index contributed by atoms with van der Waals surface area (Å²) in [4.78, 5) is 28.7. The van der Waals surface area contributed by atoms with E-state index in [1.54, 1.807) is 30.5 Å². The monoisotopic (exact) mass is 507 g/mol. The molecule has 10 heteroatoms. The van der Waals surface area contributed by atoms with Crippen LogP contribution in [0.4, 0.5) is 14.5 Å². The number of rotatable bonds is 6. The number of nitrogens with two attached hydrogens (primary N) is 1. The zero-order valence-corrected chi connectivity index (χ0v) is 19.6. The molecule has 1 aromatic heterocycles. The standard InChI is InChI=1S/C26H19F2N3O4S/c1-36(34,35)18-8-9-19(20(14-18)16-12-21(27)24(25(29)32)22(28)13-16)26(33)31-17-6-4-5-15(11-17)23-7-2-3-10-30-23/h2-14H,1H3,(H2,29,32)(H,31,33). The molecule has 3 aromatic carbocycles. The number of benzene rings is 3. The van der Waals surface area contributed by atoms with Crippen LogP contribution in [-0.4, -0.2) is 31.5 Å². The highest BCUT2D eigenvalue weighted by Crippen LogP contribution is 2.31. The van der Waals surface area contributed by atoms with E-state index in [-0.39, 0.29) is 21.6 Å². The van der Waals surface area contributed by atoms with Crippen LogP contribution >= 0.6 is 0 Å². The van der Waals surface area contributed by atoms with Crippen molar-refractivity contribution in [3.05, 3.63) is 102 Å². The Morgan fingerprint density at radius 1 is 0.889 bits per heavy atom. The van der Waals surface area contributed by atoms with Crippen molar-refractivity contribution in [3.8, 4) is 22.4 Å². The number of carbonyl (C=O) groups excluding carboxylic acids is 2. The third-order valence-electron chi connectivity index (χ3n) is 5.34. The van der Waals surface area contributed by atoms with E-state index < -0.39 is 38.8 Å². The Hall–Kier alpha value is -4.44. The van der Waals surface area contributed by atoms with Crippen LogP contribution in [0.2, 0.25) is 0 Å². The van der Waals surface area contributed by atoms with Gasteiger partial charge in [0.1, 0.15) is 17.2 Å². The molecule has 0 aliphatic rings. The zero-order valence-electron chi connectivity index (χ0n) is 18.8. The summed E-state index contributed by atoms with van der Waals surface area (Å²) >= 11 is 0. The number of nitrogens with one attached hydrogen (secondary N) is 1. The summed E-state index contributed by atoms with van der Waals surface area (Å²) in [5, 5.41) is 2.72. The molecule has 0 atom stereocenters. The first-order valence-corrected chi connectivity index (χ1v) is 12.4. The van der Waals surface area contributed by atoms with Crippen LogP contribution in [0.25, 0.3) is 22.4 Å². The number of aromatic nitrogens is 1. The van der Waals surface area contributed by atoms with Gasteiger partial charge in [-0.05, 0) is 65.7 Å². The van der Waals surface area contributed by atoms with Crippen molar-refractivity contribution in [2.24, 2.45) is 5.73 Å². The fraction of sp³-hybridized carbons (Fsp3) is 0.0385. The molecule has 0 aliphatic carbocycles. The number of hydrogen-bond donors (Lipinski definition) is 2. The molecule has 0 aliphatic heterocycles. The molecule has 0 fully saturated rings. The molecule has 0 radical (unpaired) electrons. The highest BCUT2D eigenvalue weighted by Gasteiger charge is 2.22. The Balaban J connectivity index is 1.78. The molecule has 1 heterocycles. The number of halogens is 2. The largest absolute Gasteiger partial charge is 0.365 e. The topological polar surface area (TPSA) is 119 Å². The fourth-order valence-corrected chi connectivity index (χ4v) is 4.29. The predicted octanol–water partition coefficient (Wildman–Crippen LogP) is 4.45. The molecule has 0 saturated heterocycles. The van der Waals surface area contributed by atoms with Crippen molar-refractivity contribution < 1.29 is 26.8 Å². The third-order valence-corrected chi connectivity index (χ3v) is 6.45. The van der Waals surface area contributed by atoms with Gasteiger partial charge in [0.15, 0.2) is 9.84 Å². The van der Waals surface area contributed by atoms with E-state index in [4.69, 9.17) is 5.73 Å². The van der Waals surface area contributed by atoms with Crippen molar-refractivity contribution in [1.29, 1.82) is 0 Å². The second-order valence-electron chi connectivity index (χ2n) is 7.91. The van der Waals surface area contributed by atoms with Gasteiger partial charge in [0.25, 0.3) is 11.8 Å². The molecule has 4 aromatic rings. The Labute approximate surface area is 205 Å². The number of anilines is 1. The third kappa shape index (κ3) is 5.13. The molecule has 0 saturated carbocycles. The molecular formula is C26H19F2N3O4S. The van der Waals surface area contributed by atoms with Gasteiger partial charge in [0, 0.05) is 29.3 Å². The SMILES string of the molecule is CS(=O)(=O)c1ccc(C(=O)Nc2cccc(-c3ccccn3)c2)c(-c2cc(F)c(C(N)=O)c(F)c2)c1. The molecule has 0 unspecified atom stereocenters. The van der Waals surface area contributed by atoms with E-state index in [2.05, 4.69) is 10.3 Å². The first kappa shape index (κ1) is 24.7. The van der Waals surface area contributed by atoms with E-state index in [1.807, 2.05) is 18.2 Å². The van der Waals surface area contributed by atoms with E-state index in [9.17, 15) is 26.8 Å². The normalized spacial score (nSPS) is 11.2. The van der Waals surface area contributed by atoms with Crippen molar-refractivity contribution in [2.45, 2.75) is 4.90 Å². The van der Waals surface area contributed by atoms with Crippen LogP contribution in [0.3, 0.4) is 0 Å². The number of amides is 2. The summed E-state index contributed by atoms with van der Waals surface area (Å²) in [6.07, 6.45) is 2.60. The minimum atomic E-state index is -3.71. The molecule has 2 amide bonds. The lowest BCUT2D eigenvalue weighted by molar-refractivity contribution is 0.0990. The smallest absolute Gasteiger partial charge is 0.256 e. The quantitative estimate of drug-likeness (QED) is 0.400. The average Bonchev–Trinajstić information content (AvgIpc) is 2.83. The van der Waals surface area contributed by atoms with Gasteiger partial charge >= 0.3 is 0 Å². The van der Waals surface area contributed by atoms with Crippen LogP contribution < -0.4 is 11.1 Å². The average molecular weight is 508 g/mol. The van der Waals surface area contributed by atoms with Crippen LogP contribution in [0, 0.1) is 11.6 Å². The molecule has 0 bridgehead atoms. The number of sulfone groups is 1. The maximum absolute atomic E-state index is 14.5. The van der Waals surface area contributed by atoms with Gasteiger partial charge < -0.3 is 11.1 Å². The zero-order chi connectivity index (χ0) is 26.0. The van der Waals surface area contributed by atoms with Gasteiger partial charge in [-0.1, -0.05) is 18.2 Å². The minimum absolute atomic E-state index is 0.0451. The van der Waals surface area contributed by atoms with E-state index in [1.165, 1.54) is 12.1 Å². The molecule has 182 valence electrons. The summed E-state index contributed by atoms with van der Waals surface area (Å²) in [5.74, 6) is -4.43. The maximum Gasteiger partial charge on any atom is 0.256 e. The Morgan fingerprint density at radius 2 is 1.61 bits per heavy atom. The second-order valence-corrected chi connectivity index (χ2v) is 9.92. The van der Waals surface area contributed by atoms with Crippen LogP contribution in [-0.2, 0) is 9.84 Å². The van der Waals surface area contributed by atoms with Crippen molar-refractivity contribution >= 4 is 27.3 Å². The minimum Gasteiger partial charge on any atom is -0.365 e. The lowest BCUT2D eigenvalue weighted by Gasteiger charge is -2.14. The summed E-state index contributed by atoms with van der Waals surface area (Å²) in [7, 11) is -3.71. The highest BCUT2D eigenvalue weighted by molar-refractivity contribution is 7.90. The van der Waals surface area contributed by atoms with Crippen LogP contribution in [0.15, 0.2) is 83.9 Å². The van der Waals surface area contributed by atoms with E-state index in [0.29, 0.717) is 11.4 Å². The Kier molecular flexibility index (Phi) is 6.63. The van der Waals surface area contributed by atoms with Gasteiger partial charge in [-0.2, -0.15) is 0 Å². The Bertz CT molecular complexity index is 1580. The molecule has 4 rings (SSSR count). The lowest BCUT2D eigenvalue weighted by atomic mass is 9.97. The van der Waals surface area contributed by atoms with Crippen LogP contribution in [0.5, 0.6) is 0 Å². The number of primary amides is 1. The second kappa shape index (κ2) is 9.67. The van der Waals surface area contributed by atoms with Gasteiger partial charge in [-0.3, -0.25) is 14.6 Å². The van der Waals surface area contributed by atoms with Crippen molar-refractivity contribution in [3.63, 3.8) is 0 Å². The van der Waals surface area contributed by atoms with E-state index in [0.717, 1.165) is 30.0 Å². The molecular weight excluding hydrogens is 488 g/mol. The number of hydrogen-bond acceptors (Lipinski definition) is 5. The maximum atomic E-state index is 14.5. The summed E-state index contributed by atoms with van der Waals surface area (Å²) < 4.78 is 53.2. The molecule has 7 nitrogen and oxygen atoms in total. The highest BCUT2D eigenvalue weighted by atomic mass is 32.2. The van der Waals surface area contributed by atoms with Gasteiger partial charge in [0.2, 0.25) is 0 Å². The number of nitrogens with zero attached hydrogens (tertiary/aromatic N) is 1. The van der Waals surface area contributed by atoms with Crippen LogP contribution in [0.1, 0.15) is 20.7 Å². The van der Waals surface area contributed by atoms with Gasteiger partial charge in [-0.15, -0.1) is 0 Å². The summed E-state index contributed by atoms with van der Waals surface area (Å²) in [6.45, 7) is 0. The number of pyridine rings is 1.